The first-order valence-corrected chi connectivity index (χ1v) is 6.43. The molecule has 0 bridgehead atoms. The molecule has 1 N–H and O–H groups in total. The highest BCUT2D eigenvalue weighted by atomic mass is 16.5. The molecule has 1 aromatic carbocycles. The number of ether oxygens (including phenoxy) is 2. The highest BCUT2D eigenvalue weighted by Crippen LogP contribution is 2.15. The molecule has 0 spiro atoms. The number of anilines is 1. The van der Waals surface area contributed by atoms with Gasteiger partial charge in [-0.3, -0.25) is 5.32 Å². The Morgan fingerprint density at radius 1 is 1.17 bits per heavy atom. The fraction of sp³-hybridized carbons (Fsp3) is 0.500. The van der Waals surface area contributed by atoms with E-state index in [9.17, 15) is 4.79 Å². The molecule has 0 radical (unpaired) electrons. The molecule has 0 aromatic heterocycles. The summed E-state index contributed by atoms with van der Waals surface area (Å²) in [5.74, 6) is 0.791. The van der Waals surface area contributed by atoms with Crippen LogP contribution in [0, 0.1) is 0 Å². The van der Waals surface area contributed by atoms with Crippen molar-refractivity contribution in [2.45, 2.75) is 33.1 Å². The molecule has 0 fully saturated rings. The van der Waals surface area contributed by atoms with E-state index in [4.69, 9.17) is 9.47 Å². The zero-order valence-electron chi connectivity index (χ0n) is 11.1. The maximum Gasteiger partial charge on any atom is 0.411 e. The molecule has 0 aliphatic heterocycles. The number of carbonyl (C=O) groups is 1. The van der Waals surface area contributed by atoms with Gasteiger partial charge in [0.25, 0.3) is 0 Å². The van der Waals surface area contributed by atoms with Crippen molar-refractivity contribution in [1.82, 2.24) is 0 Å². The summed E-state index contributed by atoms with van der Waals surface area (Å²) in [5, 5.41) is 2.67. The average Bonchev–Trinajstić information content (AvgIpc) is 2.37. The lowest BCUT2D eigenvalue weighted by Crippen LogP contribution is -2.14. The number of rotatable bonds is 7. The Morgan fingerprint density at radius 3 is 2.50 bits per heavy atom. The molecule has 0 aliphatic carbocycles. The van der Waals surface area contributed by atoms with E-state index in [0.717, 1.165) is 25.0 Å². The Balaban J connectivity index is 2.30. The fourth-order valence-corrected chi connectivity index (χ4v) is 1.47. The maximum absolute atomic E-state index is 11.4. The van der Waals surface area contributed by atoms with Crippen LogP contribution < -0.4 is 10.1 Å². The van der Waals surface area contributed by atoms with Gasteiger partial charge in [0.1, 0.15) is 5.75 Å². The second-order valence-electron chi connectivity index (χ2n) is 3.93. The Morgan fingerprint density at radius 2 is 1.89 bits per heavy atom. The Labute approximate surface area is 108 Å². The van der Waals surface area contributed by atoms with Crippen LogP contribution in [0.3, 0.4) is 0 Å². The zero-order valence-corrected chi connectivity index (χ0v) is 11.1. The lowest BCUT2D eigenvalue weighted by Gasteiger charge is -2.07. The van der Waals surface area contributed by atoms with E-state index < -0.39 is 6.09 Å². The molecule has 0 saturated carbocycles. The molecule has 0 unspecified atom stereocenters. The van der Waals surface area contributed by atoms with Crippen LogP contribution in [0.25, 0.3) is 0 Å². The molecule has 0 aliphatic rings. The second kappa shape index (κ2) is 8.39. The molecule has 0 atom stereocenters. The molecule has 18 heavy (non-hydrogen) atoms. The van der Waals surface area contributed by atoms with Gasteiger partial charge in [0.2, 0.25) is 0 Å². The van der Waals surface area contributed by atoms with Crippen LogP contribution >= 0.6 is 0 Å². The molecule has 4 nitrogen and oxygen atoms in total. The van der Waals surface area contributed by atoms with Crippen LogP contribution in [0.5, 0.6) is 5.75 Å². The predicted octanol–water partition coefficient (Wildman–Crippen LogP) is 3.82. The summed E-state index contributed by atoms with van der Waals surface area (Å²) in [4.78, 5) is 11.4. The van der Waals surface area contributed by atoms with E-state index in [2.05, 4.69) is 12.2 Å². The molecule has 100 valence electrons. The van der Waals surface area contributed by atoms with Gasteiger partial charge >= 0.3 is 6.09 Å². The van der Waals surface area contributed by atoms with Crippen molar-refractivity contribution in [1.29, 1.82) is 0 Å². The number of carbonyl (C=O) groups excluding carboxylic acids is 1. The number of benzene rings is 1. The molecule has 1 aromatic rings. The second-order valence-corrected chi connectivity index (χ2v) is 3.93. The third-order valence-electron chi connectivity index (χ3n) is 2.39. The number of unbranched alkanes of at least 4 members (excludes halogenated alkanes) is 2. The Hall–Kier alpha value is -1.71. The van der Waals surface area contributed by atoms with Gasteiger partial charge in [-0.15, -0.1) is 0 Å². The van der Waals surface area contributed by atoms with Crippen molar-refractivity contribution in [2.75, 3.05) is 18.5 Å². The average molecular weight is 251 g/mol. The number of nitrogens with one attached hydrogen (secondary N) is 1. The van der Waals surface area contributed by atoms with E-state index in [-0.39, 0.29) is 0 Å². The van der Waals surface area contributed by atoms with Gasteiger partial charge in [0.05, 0.1) is 13.2 Å². The zero-order chi connectivity index (χ0) is 13.2. The topological polar surface area (TPSA) is 47.6 Å². The van der Waals surface area contributed by atoms with Gasteiger partial charge in [-0.2, -0.15) is 0 Å². The van der Waals surface area contributed by atoms with Gasteiger partial charge in [-0.1, -0.05) is 19.8 Å². The van der Waals surface area contributed by atoms with E-state index in [0.29, 0.717) is 18.9 Å². The third kappa shape index (κ3) is 5.57. The lowest BCUT2D eigenvalue weighted by molar-refractivity contribution is 0.159. The van der Waals surface area contributed by atoms with Crippen LogP contribution in [-0.4, -0.2) is 19.3 Å². The molecule has 4 heteroatoms. The third-order valence-corrected chi connectivity index (χ3v) is 2.39. The highest BCUT2D eigenvalue weighted by molar-refractivity contribution is 5.84. The number of hydrogen-bond donors (Lipinski definition) is 1. The maximum atomic E-state index is 11.4. The van der Waals surface area contributed by atoms with Gasteiger partial charge in [0.15, 0.2) is 0 Å². The summed E-state index contributed by atoms with van der Waals surface area (Å²) in [7, 11) is 0. The van der Waals surface area contributed by atoms with Crippen molar-refractivity contribution < 1.29 is 14.3 Å². The molecular formula is C14H21NO3. The van der Waals surface area contributed by atoms with Crippen LogP contribution in [0.4, 0.5) is 10.5 Å². The van der Waals surface area contributed by atoms with Crippen molar-refractivity contribution >= 4 is 11.8 Å². The Bertz CT molecular complexity index is 349. The van der Waals surface area contributed by atoms with Crippen LogP contribution in [0.1, 0.15) is 33.1 Å². The highest BCUT2D eigenvalue weighted by Gasteiger charge is 2.02. The normalized spacial score (nSPS) is 9.89. The fourth-order valence-electron chi connectivity index (χ4n) is 1.47. The molecule has 0 heterocycles. The minimum atomic E-state index is -0.407. The summed E-state index contributed by atoms with van der Waals surface area (Å²) in [5.41, 5.74) is 0.707. The summed E-state index contributed by atoms with van der Waals surface area (Å²) in [6.07, 6.45) is 2.70. The van der Waals surface area contributed by atoms with E-state index in [1.165, 1.54) is 0 Å². The van der Waals surface area contributed by atoms with Crippen LogP contribution in [0.2, 0.25) is 0 Å². The van der Waals surface area contributed by atoms with Crippen molar-refractivity contribution in [3.05, 3.63) is 24.3 Å². The smallest absolute Gasteiger partial charge is 0.411 e. The molecular weight excluding hydrogens is 230 g/mol. The van der Waals surface area contributed by atoms with Gasteiger partial charge in [-0.05, 0) is 37.6 Å². The van der Waals surface area contributed by atoms with Crippen LogP contribution in [-0.2, 0) is 4.74 Å². The Kier molecular flexibility index (Phi) is 6.69. The first kappa shape index (κ1) is 14.4. The summed E-state index contributed by atoms with van der Waals surface area (Å²) in [6.45, 7) is 5.14. The molecule has 0 saturated heterocycles. The van der Waals surface area contributed by atoms with E-state index in [1.807, 2.05) is 19.1 Å². The van der Waals surface area contributed by atoms with Crippen molar-refractivity contribution in [3.63, 3.8) is 0 Å². The minimum Gasteiger partial charge on any atom is -0.494 e. The summed E-state index contributed by atoms with van der Waals surface area (Å²) >= 11 is 0. The van der Waals surface area contributed by atoms with Crippen molar-refractivity contribution in [3.8, 4) is 5.75 Å². The van der Waals surface area contributed by atoms with Gasteiger partial charge in [0, 0.05) is 5.69 Å². The van der Waals surface area contributed by atoms with E-state index in [1.54, 1.807) is 12.1 Å². The predicted molar refractivity (Wildman–Crippen MR) is 72.1 cm³/mol. The lowest BCUT2D eigenvalue weighted by atomic mass is 10.3. The quantitative estimate of drug-likeness (QED) is 0.749. The van der Waals surface area contributed by atoms with Crippen LogP contribution in [0.15, 0.2) is 24.3 Å². The van der Waals surface area contributed by atoms with Gasteiger partial charge in [-0.25, -0.2) is 4.79 Å². The first-order valence-electron chi connectivity index (χ1n) is 6.43. The summed E-state index contributed by atoms with van der Waals surface area (Å²) in [6, 6.07) is 7.21. The summed E-state index contributed by atoms with van der Waals surface area (Å²) < 4.78 is 10.4. The van der Waals surface area contributed by atoms with E-state index >= 15 is 0 Å². The SMILES string of the molecule is CCCCCOC(=O)Nc1ccc(OCC)cc1. The number of hydrogen-bond acceptors (Lipinski definition) is 3. The number of amides is 1. The standard InChI is InChI=1S/C14H21NO3/c1-3-5-6-11-18-14(16)15-12-7-9-13(10-8-12)17-4-2/h7-10H,3-6,11H2,1-2H3,(H,15,16). The monoisotopic (exact) mass is 251 g/mol. The minimum absolute atomic E-state index is 0.407. The first-order chi connectivity index (χ1) is 8.76. The largest absolute Gasteiger partial charge is 0.494 e. The molecule has 1 amide bonds. The van der Waals surface area contributed by atoms with Crippen molar-refractivity contribution in [2.24, 2.45) is 0 Å². The molecule has 1 rings (SSSR count). The van der Waals surface area contributed by atoms with Gasteiger partial charge < -0.3 is 9.47 Å².